The second-order valence-electron chi connectivity index (χ2n) is 3.50. The number of halogens is 3. The average molecular weight is 222 g/mol. The lowest BCUT2D eigenvalue weighted by molar-refractivity contribution is -0.136. The Morgan fingerprint density at radius 3 is 2.67 bits per heavy atom. The summed E-state index contributed by atoms with van der Waals surface area (Å²) in [6.45, 7) is 0. The number of nitrogens with two attached hydrogens (primary N) is 1. The maximum Gasteiger partial charge on any atom is 0.389 e. The summed E-state index contributed by atoms with van der Waals surface area (Å²) in [7, 11) is 1.69. The van der Waals surface area contributed by atoms with Gasteiger partial charge in [0.15, 0.2) is 0 Å². The van der Waals surface area contributed by atoms with Crippen molar-refractivity contribution >= 4 is 0 Å². The molecule has 1 aromatic rings. The molecule has 7 heteroatoms. The van der Waals surface area contributed by atoms with Gasteiger partial charge in [-0.2, -0.15) is 13.2 Å². The fraction of sp³-hybridized carbons (Fsp3) is 0.750. The molecule has 86 valence electrons. The number of hydrogen-bond acceptors (Lipinski definition) is 3. The Labute approximate surface area is 85.3 Å². The highest BCUT2D eigenvalue weighted by Gasteiger charge is 2.27. The minimum Gasteiger partial charge on any atom is -0.327 e. The minimum atomic E-state index is -4.14. The van der Waals surface area contributed by atoms with Gasteiger partial charge in [0, 0.05) is 32.1 Å². The summed E-state index contributed by atoms with van der Waals surface area (Å²) in [5, 5.41) is 7.42. The molecule has 1 aromatic heterocycles. The van der Waals surface area contributed by atoms with Crippen LogP contribution in [0.25, 0.3) is 0 Å². The molecule has 2 N–H and O–H groups in total. The first kappa shape index (κ1) is 12.0. The van der Waals surface area contributed by atoms with E-state index in [1.165, 1.54) is 4.68 Å². The van der Waals surface area contributed by atoms with Gasteiger partial charge in [-0.15, -0.1) is 5.10 Å². The smallest absolute Gasteiger partial charge is 0.327 e. The van der Waals surface area contributed by atoms with Gasteiger partial charge in [0.05, 0.1) is 5.69 Å². The Balaban J connectivity index is 2.33. The van der Waals surface area contributed by atoms with E-state index in [0.29, 0.717) is 12.1 Å². The Morgan fingerprint density at radius 1 is 1.53 bits per heavy atom. The lowest BCUT2D eigenvalue weighted by Gasteiger charge is -2.11. The number of nitrogens with zero attached hydrogens (tertiary/aromatic N) is 3. The number of alkyl halides is 3. The zero-order valence-electron chi connectivity index (χ0n) is 8.33. The third-order valence-electron chi connectivity index (χ3n) is 1.92. The molecular weight excluding hydrogens is 209 g/mol. The summed E-state index contributed by atoms with van der Waals surface area (Å²) in [5.74, 6) is 0. The van der Waals surface area contributed by atoms with E-state index in [-0.39, 0.29) is 6.42 Å². The summed E-state index contributed by atoms with van der Waals surface area (Å²) in [5.41, 5.74) is 6.16. The van der Waals surface area contributed by atoms with Gasteiger partial charge < -0.3 is 5.73 Å². The predicted octanol–water partition coefficient (Wildman–Crippen LogP) is 1.03. The van der Waals surface area contributed by atoms with Crippen LogP contribution in [0.4, 0.5) is 13.2 Å². The second kappa shape index (κ2) is 4.61. The van der Waals surface area contributed by atoms with Gasteiger partial charge >= 0.3 is 6.18 Å². The molecule has 4 nitrogen and oxygen atoms in total. The topological polar surface area (TPSA) is 56.7 Å². The number of hydrogen-bond donors (Lipinski definition) is 1. The molecule has 0 radical (unpaired) electrons. The Bertz CT molecular complexity index is 307. The van der Waals surface area contributed by atoms with Crippen molar-refractivity contribution in [3.63, 3.8) is 0 Å². The van der Waals surface area contributed by atoms with Crippen molar-refractivity contribution in [2.45, 2.75) is 31.5 Å². The van der Waals surface area contributed by atoms with E-state index in [1.807, 2.05) is 0 Å². The normalized spacial score (nSPS) is 14.2. The van der Waals surface area contributed by atoms with E-state index < -0.39 is 18.6 Å². The van der Waals surface area contributed by atoms with Crippen molar-refractivity contribution < 1.29 is 13.2 Å². The van der Waals surface area contributed by atoms with Crippen molar-refractivity contribution in [3.8, 4) is 0 Å². The monoisotopic (exact) mass is 222 g/mol. The quantitative estimate of drug-likeness (QED) is 0.827. The first-order valence-electron chi connectivity index (χ1n) is 4.54. The number of aryl methyl sites for hydroxylation is 1. The van der Waals surface area contributed by atoms with Crippen LogP contribution in [-0.4, -0.2) is 27.2 Å². The summed E-state index contributed by atoms with van der Waals surface area (Å²) in [4.78, 5) is 0. The van der Waals surface area contributed by atoms with Gasteiger partial charge in [-0.1, -0.05) is 5.21 Å². The summed E-state index contributed by atoms with van der Waals surface area (Å²) < 4.78 is 37.1. The first-order chi connectivity index (χ1) is 6.87. The van der Waals surface area contributed by atoms with E-state index in [4.69, 9.17) is 5.73 Å². The van der Waals surface area contributed by atoms with Crippen LogP contribution in [0.2, 0.25) is 0 Å². The van der Waals surface area contributed by atoms with Crippen LogP contribution >= 0.6 is 0 Å². The van der Waals surface area contributed by atoms with Crippen molar-refractivity contribution in [2.75, 3.05) is 0 Å². The van der Waals surface area contributed by atoms with Gasteiger partial charge in [-0.3, -0.25) is 4.68 Å². The summed E-state index contributed by atoms with van der Waals surface area (Å²) in [6.07, 6.45) is -3.11. The van der Waals surface area contributed by atoms with Crippen LogP contribution in [0.3, 0.4) is 0 Å². The SMILES string of the molecule is Cn1cc(CC(N)CCC(F)(F)F)nn1. The number of rotatable bonds is 4. The predicted molar refractivity (Wildman–Crippen MR) is 48.0 cm³/mol. The molecule has 15 heavy (non-hydrogen) atoms. The van der Waals surface area contributed by atoms with Crippen LogP contribution in [0, 0.1) is 0 Å². The molecule has 1 rings (SSSR count). The fourth-order valence-corrected chi connectivity index (χ4v) is 1.21. The summed E-state index contributed by atoms with van der Waals surface area (Å²) in [6, 6.07) is -0.525. The van der Waals surface area contributed by atoms with E-state index in [1.54, 1.807) is 13.2 Å². The average Bonchev–Trinajstić information content (AvgIpc) is 2.47. The van der Waals surface area contributed by atoms with Gasteiger partial charge in [0.25, 0.3) is 0 Å². The highest BCUT2D eigenvalue weighted by atomic mass is 19.4. The van der Waals surface area contributed by atoms with E-state index >= 15 is 0 Å². The molecular formula is C8H13F3N4. The lowest BCUT2D eigenvalue weighted by atomic mass is 10.1. The standard InChI is InChI=1S/C8H13F3N4/c1-15-5-7(13-14-15)4-6(12)2-3-8(9,10)11/h5-6H,2-4,12H2,1H3. The second-order valence-corrected chi connectivity index (χ2v) is 3.50. The molecule has 1 unspecified atom stereocenters. The molecule has 0 aliphatic rings. The Kier molecular flexibility index (Phi) is 3.67. The van der Waals surface area contributed by atoms with Crippen molar-refractivity contribution in [2.24, 2.45) is 12.8 Å². The largest absolute Gasteiger partial charge is 0.389 e. The molecule has 0 spiro atoms. The van der Waals surface area contributed by atoms with Crippen LogP contribution in [0.5, 0.6) is 0 Å². The van der Waals surface area contributed by atoms with E-state index in [2.05, 4.69) is 10.3 Å². The Morgan fingerprint density at radius 2 is 2.20 bits per heavy atom. The third-order valence-corrected chi connectivity index (χ3v) is 1.92. The maximum atomic E-state index is 11.9. The van der Waals surface area contributed by atoms with Crippen molar-refractivity contribution in [3.05, 3.63) is 11.9 Å². The Hall–Kier alpha value is -1.11. The van der Waals surface area contributed by atoms with Gasteiger partial charge in [0.1, 0.15) is 0 Å². The molecule has 0 saturated heterocycles. The molecule has 0 bridgehead atoms. The molecule has 1 atom stereocenters. The highest BCUT2D eigenvalue weighted by molar-refractivity contribution is 4.95. The van der Waals surface area contributed by atoms with Gasteiger partial charge in [0.2, 0.25) is 0 Å². The third kappa shape index (κ3) is 4.78. The molecule has 0 amide bonds. The lowest BCUT2D eigenvalue weighted by Crippen LogP contribution is -2.25. The van der Waals surface area contributed by atoms with Crippen LogP contribution in [-0.2, 0) is 13.5 Å². The van der Waals surface area contributed by atoms with Crippen LogP contribution in [0.1, 0.15) is 18.5 Å². The van der Waals surface area contributed by atoms with Gasteiger partial charge in [-0.05, 0) is 6.42 Å². The van der Waals surface area contributed by atoms with Crippen molar-refractivity contribution in [1.29, 1.82) is 0 Å². The molecule has 0 saturated carbocycles. The highest BCUT2D eigenvalue weighted by Crippen LogP contribution is 2.22. The molecule has 0 aromatic carbocycles. The van der Waals surface area contributed by atoms with Crippen LogP contribution < -0.4 is 5.73 Å². The number of aromatic nitrogens is 3. The molecule has 0 aliphatic heterocycles. The van der Waals surface area contributed by atoms with E-state index in [9.17, 15) is 13.2 Å². The zero-order valence-corrected chi connectivity index (χ0v) is 8.33. The molecule has 0 aliphatic carbocycles. The van der Waals surface area contributed by atoms with Crippen molar-refractivity contribution in [1.82, 2.24) is 15.0 Å². The fourth-order valence-electron chi connectivity index (χ4n) is 1.21. The van der Waals surface area contributed by atoms with Gasteiger partial charge in [-0.25, -0.2) is 0 Å². The van der Waals surface area contributed by atoms with E-state index in [0.717, 1.165) is 0 Å². The minimum absolute atomic E-state index is 0.0833. The maximum absolute atomic E-state index is 11.9. The molecule has 0 fully saturated rings. The first-order valence-corrected chi connectivity index (χ1v) is 4.54. The summed E-state index contributed by atoms with van der Waals surface area (Å²) >= 11 is 0. The molecule has 1 heterocycles. The van der Waals surface area contributed by atoms with Crippen LogP contribution in [0.15, 0.2) is 6.20 Å². The zero-order chi connectivity index (χ0) is 11.5.